The second kappa shape index (κ2) is 6.37. The van der Waals surface area contributed by atoms with Gasteiger partial charge in [-0.3, -0.25) is 28.8 Å². The molecule has 2 rings (SSSR count). The van der Waals surface area contributed by atoms with Crippen LogP contribution in [0.3, 0.4) is 0 Å². The summed E-state index contributed by atoms with van der Waals surface area (Å²) in [5.74, 6) is -1.24. The van der Waals surface area contributed by atoms with Crippen molar-refractivity contribution >= 4 is 17.5 Å². The Hall–Kier alpha value is -2.42. The molecule has 1 amide bonds. The summed E-state index contributed by atoms with van der Waals surface area (Å²) in [7, 11) is 0. The monoisotopic (exact) mass is 323 g/mol. The van der Waals surface area contributed by atoms with Gasteiger partial charge in [-0.25, -0.2) is 4.79 Å². The lowest BCUT2D eigenvalue weighted by atomic mass is 10.1. The van der Waals surface area contributed by atoms with Gasteiger partial charge in [-0.1, -0.05) is 0 Å². The van der Waals surface area contributed by atoms with Crippen LogP contribution in [0.2, 0.25) is 0 Å². The summed E-state index contributed by atoms with van der Waals surface area (Å²) in [6.07, 6.45) is 1.56. The molecule has 0 radical (unpaired) electrons. The Bertz CT molecular complexity index is 745. The van der Waals surface area contributed by atoms with Gasteiger partial charge in [0.1, 0.15) is 11.4 Å². The minimum atomic E-state index is -0.808. The number of anilines is 1. The first-order chi connectivity index (χ1) is 10.7. The molecule has 0 aromatic carbocycles. The lowest BCUT2D eigenvalue weighted by Gasteiger charge is -2.24. The number of hydrogen-bond acceptors (Lipinski definition) is 6. The number of nitrogens with one attached hydrogen (secondary N) is 1. The Labute approximate surface area is 132 Å². The standard InChI is InChI=1S/C14H21N5O4/c1-7(2)18(6-10(15)21)5-9(20)11-12(16)19(8-3-4-8)14(23)17-13(11)22/h7-8H,3-6,16H2,1-2H3,(H2,15,21)(H,17,22,23). The van der Waals surface area contributed by atoms with Crippen LogP contribution in [0, 0.1) is 0 Å². The lowest BCUT2D eigenvalue weighted by molar-refractivity contribution is -0.119. The number of carbonyl (C=O) groups is 2. The van der Waals surface area contributed by atoms with Crippen LogP contribution in [0.1, 0.15) is 43.1 Å². The van der Waals surface area contributed by atoms with Crippen molar-refractivity contribution in [3.63, 3.8) is 0 Å². The number of primary amides is 1. The zero-order valence-corrected chi connectivity index (χ0v) is 13.2. The molecule has 1 saturated carbocycles. The van der Waals surface area contributed by atoms with Crippen LogP contribution in [0.5, 0.6) is 0 Å². The van der Waals surface area contributed by atoms with Crippen molar-refractivity contribution in [2.24, 2.45) is 5.73 Å². The lowest BCUT2D eigenvalue weighted by Crippen LogP contribution is -2.44. The second-order valence-corrected chi connectivity index (χ2v) is 6.01. The number of aromatic nitrogens is 2. The van der Waals surface area contributed by atoms with Crippen LogP contribution in [-0.2, 0) is 4.79 Å². The molecule has 0 saturated heterocycles. The van der Waals surface area contributed by atoms with E-state index in [9.17, 15) is 19.2 Å². The molecule has 0 unspecified atom stereocenters. The van der Waals surface area contributed by atoms with Crippen molar-refractivity contribution in [1.29, 1.82) is 0 Å². The third-order valence-corrected chi connectivity index (χ3v) is 3.81. The molecule has 0 aliphatic heterocycles. The van der Waals surface area contributed by atoms with E-state index in [1.165, 1.54) is 9.47 Å². The van der Waals surface area contributed by atoms with Gasteiger partial charge >= 0.3 is 5.69 Å². The molecule has 1 aromatic heterocycles. The maximum atomic E-state index is 12.5. The van der Waals surface area contributed by atoms with Gasteiger partial charge in [0, 0.05) is 12.1 Å². The first kappa shape index (κ1) is 16.9. The fraction of sp³-hybridized carbons (Fsp3) is 0.571. The second-order valence-electron chi connectivity index (χ2n) is 6.01. The highest BCUT2D eigenvalue weighted by Crippen LogP contribution is 2.35. The summed E-state index contributed by atoms with van der Waals surface area (Å²) >= 11 is 0. The van der Waals surface area contributed by atoms with E-state index < -0.39 is 22.9 Å². The number of rotatable bonds is 7. The largest absolute Gasteiger partial charge is 0.384 e. The van der Waals surface area contributed by atoms with Crippen LogP contribution < -0.4 is 22.7 Å². The van der Waals surface area contributed by atoms with E-state index in [-0.39, 0.29) is 36.6 Å². The van der Waals surface area contributed by atoms with Crippen molar-refractivity contribution < 1.29 is 9.59 Å². The number of aromatic amines is 1. The normalized spacial score (nSPS) is 14.4. The number of hydrogen-bond donors (Lipinski definition) is 3. The summed E-state index contributed by atoms with van der Waals surface area (Å²) in [6.45, 7) is 3.31. The Morgan fingerprint density at radius 1 is 1.30 bits per heavy atom. The molecule has 1 aliphatic carbocycles. The number of Topliss-reactive ketones (excluding diaryl/α,β-unsaturated/α-hetero) is 1. The summed E-state index contributed by atoms with van der Waals surface area (Å²) < 4.78 is 1.25. The topological polar surface area (TPSA) is 144 Å². The van der Waals surface area contributed by atoms with Gasteiger partial charge < -0.3 is 11.5 Å². The summed E-state index contributed by atoms with van der Waals surface area (Å²) in [5.41, 5.74) is 9.40. The molecule has 23 heavy (non-hydrogen) atoms. The van der Waals surface area contributed by atoms with Gasteiger partial charge in [-0.05, 0) is 26.7 Å². The predicted molar refractivity (Wildman–Crippen MR) is 84.2 cm³/mol. The van der Waals surface area contributed by atoms with Gasteiger partial charge in [-0.2, -0.15) is 0 Å². The minimum absolute atomic E-state index is 0.0716. The smallest absolute Gasteiger partial charge is 0.330 e. The predicted octanol–water partition coefficient (Wildman–Crippen LogP) is -1.17. The molecule has 0 spiro atoms. The quantitative estimate of drug-likeness (QED) is 0.539. The number of ketones is 1. The third-order valence-electron chi connectivity index (χ3n) is 3.81. The van der Waals surface area contributed by atoms with E-state index in [1.54, 1.807) is 13.8 Å². The van der Waals surface area contributed by atoms with Crippen LogP contribution in [-0.4, -0.2) is 45.3 Å². The summed E-state index contributed by atoms with van der Waals surface area (Å²) in [4.78, 5) is 51.1. The van der Waals surface area contributed by atoms with Gasteiger partial charge in [0.25, 0.3) is 5.56 Å². The zero-order valence-electron chi connectivity index (χ0n) is 13.2. The molecular formula is C14H21N5O4. The molecule has 126 valence electrons. The number of H-pyrrole nitrogens is 1. The van der Waals surface area contributed by atoms with Crippen molar-refractivity contribution in [1.82, 2.24) is 14.5 Å². The zero-order chi connectivity index (χ0) is 17.3. The summed E-state index contributed by atoms with van der Waals surface area (Å²) in [5, 5.41) is 0. The van der Waals surface area contributed by atoms with E-state index in [1.807, 2.05) is 0 Å². The maximum absolute atomic E-state index is 12.5. The van der Waals surface area contributed by atoms with Crippen molar-refractivity contribution in [3.05, 3.63) is 26.4 Å². The Kier molecular flexibility index (Phi) is 4.69. The van der Waals surface area contributed by atoms with E-state index >= 15 is 0 Å². The van der Waals surface area contributed by atoms with E-state index in [4.69, 9.17) is 11.5 Å². The molecule has 1 aliphatic rings. The summed E-state index contributed by atoms with van der Waals surface area (Å²) in [6, 6.07) is -0.196. The average molecular weight is 323 g/mol. The van der Waals surface area contributed by atoms with E-state index in [0.29, 0.717) is 0 Å². The van der Waals surface area contributed by atoms with Gasteiger partial charge in [-0.15, -0.1) is 0 Å². The molecule has 0 bridgehead atoms. The van der Waals surface area contributed by atoms with Crippen LogP contribution in [0.15, 0.2) is 9.59 Å². The number of nitrogen functional groups attached to an aromatic ring is 1. The number of nitrogens with zero attached hydrogens (tertiary/aromatic N) is 2. The molecule has 0 atom stereocenters. The molecule has 5 N–H and O–H groups in total. The Morgan fingerprint density at radius 2 is 1.91 bits per heavy atom. The van der Waals surface area contributed by atoms with E-state index in [2.05, 4.69) is 4.98 Å². The van der Waals surface area contributed by atoms with Crippen LogP contribution >= 0.6 is 0 Å². The number of carbonyl (C=O) groups excluding carboxylic acids is 2. The molecular weight excluding hydrogens is 302 g/mol. The molecule has 9 heteroatoms. The highest BCUT2D eigenvalue weighted by Gasteiger charge is 2.30. The number of amides is 1. The number of nitrogens with two attached hydrogens (primary N) is 2. The van der Waals surface area contributed by atoms with Gasteiger partial charge in [0.2, 0.25) is 5.91 Å². The SMILES string of the molecule is CC(C)N(CC(N)=O)CC(=O)c1c(N)n(C2CC2)c(=O)[nH]c1=O. The van der Waals surface area contributed by atoms with Crippen LogP contribution in [0.4, 0.5) is 5.82 Å². The maximum Gasteiger partial charge on any atom is 0.330 e. The highest BCUT2D eigenvalue weighted by atomic mass is 16.2. The average Bonchev–Trinajstić information content (AvgIpc) is 3.21. The molecule has 1 aromatic rings. The Morgan fingerprint density at radius 3 is 2.39 bits per heavy atom. The molecule has 1 fully saturated rings. The molecule has 9 nitrogen and oxygen atoms in total. The fourth-order valence-electron chi connectivity index (χ4n) is 2.42. The van der Waals surface area contributed by atoms with Gasteiger partial charge in [0.05, 0.1) is 13.1 Å². The van der Waals surface area contributed by atoms with Crippen molar-refractivity contribution in [2.75, 3.05) is 18.8 Å². The van der Waals surface area contributed by atoms with Crippen molar-refractivity contribution in [3.8, 4) is 0 Å². The first-order valence-corrected chi connectivity index (χ1v) is 7.42. The van der Waals surface area contributed by atoms with E-state index in [0.717, 1.165) is 12.8 Å². The fourth-order valence-corrected chi connectivity index (χ4v) is 2.42. The Balaban J connectivity index is 2.35. The highest BCUT2D eigenvalue weighted by molar-refractivity contribution is 6.01. The van der Waals surface area contributed by atoms with Gasteiger partial charge in [0.15, 0.2) is 5.78 Å². The van der Waals surface area contributed by atoms with Crippen molar-refractivity contribution in [2.45, 2.75) is 38.8 Å². The minimum Gasteiger partial charge on any atom is -0.384 e. The molecule has 1 heterocycles. The van der Waals surface area contributed by atoms with Crippen LogP contribution in [0.25, 0.3) is 0 Å². The first-order valence-electron chi connectivity index (χ1n) is 7.42. The third kappa shape index (κ3) is 3.67.